The van der Waals surface area contributed by atoms with Crippen molar-refractivity contribution < 1.29 is 24.2 Å². The summed E-state index contributed by atoms with van der Waals surface area (Å²) in [6.07, 6.45) is 0.242. The van der Waals surface area contributed by atoms with Crippen molar-refractivity contribution in [1.29, 1.82) is 0 Å². The Morgan fingerprint density at radius 3 is 2.86 bits per heavy atom. The number of carboxylic acid groups (broad SMARTS) is 1. The smallest absolute Gasteiger partial charge is 0.315 e. The van der Waals surface area contributed by atoms with Crippen LogP contribution in [0.4, 0.5) is 0 Å². The minimum absolute atomic E-state index is 0.0167. The van der Waals surface area contributed by atoms with Crippen LogP contribution in [-0.2, 0) is 16.0 Å². The third-order valence-corrected chi connectivity index (χ3v) is 6.78. The number of para-hydroxylation sites is 1. The van der Waals surface area contributed by atoms with Gasteiger partial charge in [-0.15, -0.1) is 11.3 Å². The Kier molecular flexibility index (Phi) is 4.53. The molecule has 2 atom stereocenters. The Bertz CT molecular complexity index is 956. The van der Waals surface area contributed by atoms with Gasteiger partial charge in [0.25, 0.3) is 0 Å². The van der Waals surface area contributed by atoms with Crippen LogP contribution < -0.4 is 9.47 Å². The molecule has 2 aliphatic heterocycles. The molecule has 1 saturated heterocycles. The van der Waals surface area contributed by atoms with Gasteiger partial charge in [-0.2, -0.15) is 0 Å². The molecule has 2 aromatic rings. The number of thiazole rings is 1. The third kappa shape index (κ3) is 2.83. The second-order valence-electron chi connectivity index (χ2n) is 7.37. The lowest BCUT2D eigenvalue weighted by Crippen LogP contribution is -2.46. The molecule has 0 radical (unpaired) electrons. The van der Waals surface area contributed by atoms with Gasteiger partial charge in [0.1, 0.15) is 12.0 Å². The molecule has 0 aliphatic carbocycles. The summed E-state index contributed by atoms with van der Waals surface area (Å²) in [5.41, 5.74) is 0.500. The van der Waals surface area contributed by atoms with Crippen molar-refractivity contribution in [1.82, 2.24) is 9.88 Å². The molecule has 1 aromatic carbocycles. The van der Waals surface area contributed by atoms with Gasteiger partial charge < -0.3 is 19.5 Å². The molecule has 1 aromatic heterocycles. The number of carbonyl (C=O) groups is 2. The molecule has 1 fully saturated rings. The predicted octanol–water partition coefficient (Wildman–Crippen LogP) is 2.40. The third-order valence-electron chi connectivity index (χ3n) is 5.71. The van der Waals surface area contributed by atoms with Gasteiger partial charge in [-0.05, 0) is 19.9 Å². The van der Waals surface area contributed by atoms with E-state index in [0.717, 1.165) is 21.1 Å². The van der Waals surface area contributed by atoms with E-state index in [1.807, 2.05) is 26.0 Å². The molecule has 0 unspecified atom stereocenters. The predicted molar refractivity (Wildman–Crippen MR) is 103 cm³/mol. The van der Waals surface area contributed by atoms with Crippen molar-refractivity contribution in [2.24, 2.45) is 5.41 Å². The fourth-order valence-electron chi connectivity index (χ4n) is 4.23. The summed E-state index contributed by atoms with van der Waals surface area (Å²) in [6.45, 7) is 4.32. The maximum Gasteiger partial charge on any atom is 0.315 e. The van der Waals surface area contributed by atoms with Gasteiger partial charge in [0.05, 0.1) is 24.2 Å². The Labute approximate surface area is 166 Å². The highest BCUT2D eigenvalue weighted by Crippen LogP contribution is 2.52. The maximum absolute atomic E-state index is 13.0. The molecular weight excluding hydrogens is 380 g/mol. The van der Waals surface area contributed by atoms with E-state index in [9.17, 15) is 14.7 Å². The molecule has 28 heavy (non-hydrogen) atoms. The molecule has 1 amide bonds. The number of aryl methyl sites for hydroxylation is 2. The largest absolute Gasteiger partial charge is 0.493 e. The number of rotatable bonds is 4. The number of aliphatic carboxylic acids is 1. The van der Waals surface area contributed by atoms with E-state index >= 15 is 0 Å². The molecule has 148 valence electrons. The van der Waals surface area contributed by atoms with Gasteiger partial charge in [-0.25, -0.2) is 4.98 Å². The van der Waals surface area contributed by atoms with Crippen LogP contribution in [0.25, 0.3) is 0 Å². The van der Waals surface area contributed by atoms with Crippen LogP contribution in [0.5, 0.6) is 11.5 Å². The summed E-state index contributed by atoms with van der Waals surface area (Å²) in [4.78, 5) is 32.2. The average molecular weight is 402 g/mol. The van der Waals surface area contributed by atoms with Crippen LogP contribution in [0.1, 0.15) is 27.1 Å². The van der Waals surface area contributed by atoms with Crippen LogP contribution in [-0.4, -0.2) is 53.7 Å². The van der Waals surface area contributed by atoms with Crippen molar-refractivity contribution in [2.45, 2.75) is 26.2 Å². The van der Waals surface area contributed by atoms with Crippen LogP contribution in [0.2, 0.25) is 0 Å². The number of benzene rings is 1. The van der Waals surface area contributed by atoms with Gasteiger partial charge in [-0.3, -0.25) is 9.59 Å². The van der Waals surface area contributed by atoms with Gasteiger partial charge >= 0.3 is 5.97 Å². The number of hydrogen-bond acceptors (Lipinski definition) is 6. The number of nitrogens with zero attached hydrogens (tertiary/aromatic N) is 2. The summed E-state index contributed by atoms with van der Waals surface area (Å²) in [5.74, 6) is -0.193. The molecule has 2 aliphatic rings. The van der Waals surface area contributed by atoms with Crippen LogP contribution in [0.15, 0.2) is 18.2 Å². The zero-order chi connectivity index (χ0) is 20.1. The van der Waals surface area contributed by atoms with Gasteiger partial charge in [0, 0.05) is 29.4 Å². The number of ether oxygens (including phenoxy) is 2. The Morgan fingerprint density at radius 1 is 1.43 bits per heavy atom. The molecular formula is C20H22N2O5S. The molecule has 1 N–H and O–H groups in total. The zero-order valence-corrected chi connectivity index (χ0v) is 16.8. The highest BCUT2D eigenvalue weighted by molar-refractivity contribution is 7.11. The first-order chi connectivity index (χ1) is 13.4. The molecule has 0 spiro atoms. The first kappa shape index (κ1) is 18.7. The highest BCUT2D eigenvalue weighted by Gasteiger charge is 2.57. The van der Waals surface area contributed by atoms with Gasteiger partial charge in [-0.1, -0.05) is 12.1 Å². The van der Waals surface area contributed by atoms with E-state index in [0.29, 0.717) is 18.0 Å². The number of amides is 1. The van der Waals surface area contributed by atoms with E-state index < -0.39 is 11.4 Å². The van der Waals surface area contributed by atoms with E-state index in [1.54, 1.807) is 18.1 Å². The molecule has 7 nitrogen and oxygen atoms in total. The van der Waals surface area contributed by atoms with Crippen molar-refractivity contribution in [2.75, 3.05) is 26.8 Å². The first-order valence-corrected chi connectivity index (χ1v) is 9.91. The molecule has 8 heteroatoms. The Balaban J connectivity index is 1.65. The normalized spacial score (nSPS) is 23.0. The second kappa shape index (κ2) is 6.77. The van der Waals surface area contributed by atoms with Crippen molar-refractivity contribution in [3.05, 3.63) is 39.3 Å². The lowest BCUT2D eigenvalue weighted by Gasteiger charge is -2.36. The fourth-order valence-corrected chi connectivity index (χ4v) is 5.16. The highest BCUT2D eigenvalue weighted by atomic mass is 32.1. The minimum atomic E-state index is -1.15. The summed E-state index contributed by atoms with van der Waals surface area (Å²) in [7, 11) is 1.56. The standard InChI is InChI=1S/C20H22N2O5S/c1-11-16(28-12(2)21-11)7-17(23)22-8-14-13-5-4-6-15(26-3)18(13)27-10-20(14,9-22)19(24)25/h4-6,14H,7-10H2,1-3H3,(H,24,25)/t14-,20-/m0/s1. The number of aromatic nitrogens is 1. The molecule has 4 rings (SSSR count). The summed E-state index contributed by atoms with van der Waals surface area (Å²) in [5, 5.41) is 11.0. The molecule has 0 bridgehead atoms. The Hall–Kier alpha value is -2.61. The van der Waals surface area contributed by atoms with Gasteiger partial charge in [0.15, 0.2) is 11.5 Å². The topological polar surface area (TPSA) is 89.0 Å². The fraction of sp³-hybridized carbons (Fsp3) is 0.450. The number of carboxylic acids is 1. The second-order valence-corrected chi connectivity index (χ2v) is 8.66. The quantitative estimate of drug-likeness (QED) is 0.845. The zero-order valence-electron chi connectivity index (χ0n) is 16.0. The van der Waals surface area contributed by atoms with E-state index in [1.165, 1.54) is 11.3 Å². The number of hydrogen-bond donors (Lipinski definition) is 1. The lowest BCUT2D eigenvalue weighted by atomic mass is 9.73. The summed E-state index contributed by atoms with van der Waals surface area (Å²) in [6, 6.07) is 5.48. The Morgan fingerprint density at radius 2 is 2.21 bits per heavy atom. The maximum atomic E-state index is 13.0. The SMILES string of the molecule is COc1cccc2c1OC[C@@]1(C(=O)O)CN(C(=O)Cc3sc(C)nc3C)C[C@@H]21. The van der Waals surface area contributed by atoms with Gasteiger partial charge in [0.2, 0.25) is 5.91 Å². The summed E-state index contributed by atoms with van der Waals surface area (Å²) >= 11 is 1.51. The number of likely N-dealkylation sites (tertiary alicyclic amines) is 1. The minimum Gasteiger partial charge on any atom is -0.493 e. The van der Waals surface area contributed by atoms with Crippen LogP contribution in [0.3, 0.4) is 0 Å². The number of methoxy groups -OCH3 is 1. The van der Waals surface area contributed by atoms with Crippen molar-refractivity contribution >= 4 is 23.2 Å². The van der Waals surface area contributed by atoms with E-state index in [-0.39, 0.29) is 31.4 Å². The average Bonchev–Trinajstić information content (AvgIpc) is 3.22. The van der Waals surface area contributed by atoms with Crippen molar-refractivity contribution in [3.8, 4) is 11.5 Å². The monoisotopic (exact) mass is 402 g/mol. The van der Waals surface area contributed by atoms with Crippen LogP contribution >= 0.6 is 11.3 Å². The summed E-state index contributed by atoms with van der Waals surface area (Å²) < 4.78 is 11.2. The van der Waals surface area contributed by atoms with Crippen LogP contribution in [0, 0.1) is 19.3 Å². The number of carbonyl (C=O) groups excluding carboxylic acids is 1. The van der Waals surface area contributed by atoms with E-state index in [4.69, 9.17) is 9.47 Å². The van der Waals surface area contributed by atoms with E-state index in [2.05, 4.69) is 4.98 Å². The number of fused-ring (bicyclic) bond motifs is 3. The lowest BCUT2D eigenvalue weighted by molar-refractivity contribution is -0.152. The van der Waals surface area contributed by atoms with Crippen molar-refractivity contribution in [3.63, 3.8) is 0 Å². The molecule has 0 saturated carbocycles. The molecule has 3 heterocycles. The first-order valence-electron chi connectivity index (χ1n) is 9.09.